The molecule has 0 fully saturated rings. The topological polar surface area (TPSA) is 85.1 Å². The summed E-state index contributed by atoms with van der Waals surface area (Å²) in [4.78, 5) is 25.6. The van der Waals surface area contributed by atoms with Crippen molar-refractivity contribution < 1.29 is 14.7 Å². The van der Waals surface area contributed by atoms with Gasteiger partial charge in [-0.25, -0.2) is 14.5 Å². The molecule has 0 unspecified atom stereocenters. The monoisotopic (exact) mass is 295 g/mol. The Morgan fingerprint density at radius 1 is 1.35 bits per heavy atom. The Bertz CT molecular complexity index is 580. The van der Waals surface area contributed by atoms with E-state index in [9.17, 15) is 9.59 Å². The van der Waals surface area contributed by atoms with Gasteiger partial charge in [-0.05, 0) is 34.1 Å². The minimum atomic E-state index is -1.48. The molecular weight excluding hydrogens is 290 g/mol. The molecule has 0 saturated carbocycles. The van der Waals surface area contributed by atoms with Gasteiger partial charge >= 0.3 is 5.97 Å². The highest BCUT2D eigenvalue weighted by Gasteiger charge is 2.16. The number of hydrogen-bond acceptors (Lipinski definition) is 4. The van der Waals surface area contributed by atoms with Crippen LogP contribution in [0.1, 0.15) is 10.4 Å². The summed E-state index contributed by atoms with van der Waals surface area (Å²) >= 11 is 3.25. The molecule has 0 saturated heterocycles. The van der Waals surface area contributed by atoms with Crippen LogP contribution in [0.25, 0.3) is 5.69 Å². The second-order valence-corrected chi connectivity index (χ2v) is 3.99. The number of hydrogen-bond donors (Lipinski definition) is 1. The van der Waals surface area contributed by atoms with E-state index >= 15 is 0 Å². The first-order chi connectivity index (χ1) is 8.09. The van der Waals surface area contributed by atoms with Gasteiger partial charge in [0, 0.05) is 10.0 Å². The largest absolute Gasteiger partial charge is 0.475 e. The number of Topliss-reactive ketones (excluding diaryl/α,β-unsaturated/α-hetero) is 1. The lowest BCUT2D eigenvalue weighted by molar-refractivity contribution is -0.131. The number of benzene rings is 1. The standard InChI is InChI=1S/C10H6BrN3O3/c11-7-3-6(9(15)10(16)17)1-2-8(7)14-5-12-4-13-14/h1-5H,(H,16,17). The number of nitrogens with zero attached hydrogens (tertiary/aromatic N) is 3. The summed E-state index contributed by atoms with van der Waals surface area (Å²) in [5.41, 5.74) is 0.776. The first kappa shape index (κ1) is 11.5. The molecule has 1 N–H and O–H groups in total. The van der Waals surface area contributed by atoms with Crippen LogP contribution in [-0.2, 0) is 4.79 Å². The summed E-state index contributed by atoms with van der Waals surface area (Å²) in [6.45, 7) is 0. The van der Waals surface area contributed by atoms with Crippen molar-refractivity contribution in [3.63, 3.8) is 0 Å². The first-order valence-corrected chi connectivity index (χ1v) is 5.31. The number of carboxylic acid groups (broad SMARTS) is 1. The molecule has 1 aromatic carbocycles. The van der Waals surface area contributed by atoms with Crippen LogP contribution in [0.5, 0.6) is 0 Å². The highest BCUT2D eigenvalue weighted by atomic mass is 79.9. The number of carbonyl (C=O) groups excluding carboxylic acids is 1. The molecule has 0 radical (unpaired) electrons. The fourth-order valence-electron chi connectivity index (χ4n) is 1.29. The Hall–Kier alpha value is -2.02. The van der Waals surface area contributed by atoms with E-state index in [-0.39, 0.29) is 5.56 Å². The normalized spacial score (nSPS) is 10.2. The average molecular weight is 296 g/mol. The van der Waals surface area contributed by atoms with Crippen LogP contribution in [0.2, 0.25) is 0 Å². The number of halogens is 1. The van der Waals surface area contributed by atoms with Crippen molar-refractivity contribution in [2.45, 2.75) is 0 Å². The van der Waals surface area contributed by atoms with Crippen LogP contribution >= 0.6 is 15.9 Å². The second-order valence-electron chi connectivity index (χ2n) is 3.14. The van der Waals surface area contributed by atoms with E-state index in [1.807, 2.05) is 0 Å². The molecule has 0 aliphatic heterocycles. The van der Waals surface area contributed by atoms with Gasteiger partial charge in [-0.1, -0.05) is 0 Å². The van der Waals surface area contributed by atoms with Crippen molar-refractivity contribution >= 4 is 27.7 Å². The summed E-state index contributed by atoms with van der Waals surface area (Å²) in [6.07, 6.45) is 2.88. The molecule has 0 amide bonds. The van der Waals surface area contributed by atoms with E-state index in [4.69, 9.17) is 5.11 Å². The van der Waals surface area contributed by atoms with Crippen LogP contribution < -0.4 is 0 Å². The highest BCUT2D eigenvalue weighted by Crippen LogP contribution is 2.21. The van der Waals surface area contributed by atoms with Gasteiger partial charge in [0.1, 0.15) is 12.7 Å². The van der Waals surface area contributed by atoms with E-state index in [2.05, 4.69) is 26.0 Å². The van der Waals surface area contributed by atoms with Gasteiger partial charge in [0.2, 0.25) is 0 Å². The Labute approximate surface area is 104 Å². The van der Waals surface area contributed by atoms with Gasteiger partial charge in [0.25, 0.3) is 5.78 Å². The minimum Gasteiger partial charge on any atom is -0.475 e. The smallest absolute Gasteiger partial charge is 0.377 e. The van der Waals surface area contributed by atoms with E-state index in [1.165, 1.54) is 29.5 Å². The molecule has 2 aromatic rings. The number of ketones is 1. The minimum absolute atomic E-state index is 0.105. The molecule has 1 heterocycles. The SMILES string of the molecule is O=C(O)C(=O)c1ccc(-n2cncn2)c(Br)c1. The van der Waals surface area contributed by atoms with Crippen molar-refractivity contribution in [3.05, 3.63) is 40.9 Å². The Balaban J connectivity index is 2.42. The number of carbonyl (C=O) groups is 2. The van der Waals surface area contributed by atoms with E-state index < -0.39 is 11.8 Å². The maximum absolute atomic E-state index is 11.2. The van der Waals surface area contributed by atoms with Crippen LogP contribution in [0.3, 0.4) is 0 Å². The van der Waals surface area contributed by atoms with Crippen molar-refractivity contribution in [2.75, 3.05) is 0 Å². The maximum Gasteiger partial charge on any atom is 0.377 e. The van der Waals surface area contributed by atoms with E-state index in [0.29, 0.717) is 10.2 Å². The lowest BCUT2D eigenvalue weighted by atomic mass is 10.1. The Morgan fingerprint density at radius 2 is 2.12 bits per heavy atom. The van der Waals surface area contributed by atoms with Crippen molar-refractivity contribution in [1.29, 1.82) is 0 Å². The summed E-state index contributed by atoms with van der Waals surface area (Å²) in [5.74, 6) is -2.43. The van der Waals surface area contributed by atoms with Gasteiger partial charge in [0.05, 0.1) is 5.69 Å². The predicted molar refractivity (Wildman–Crippen MR) is 61.0 cm³/mol. The zero-order valence-corrected chi connectivity index (χ0v) is 9.96. The van der Waals surface area contributed by atoms with Crippen molar-refractivity contribution in [3.8, 4) is 5.69 Å². The summed E-state index contributed by atoms with van der Waals surface area (Å²) in [6, 6.07) is 4.46. The third-order valence-corrected chi connectivity index (χ3v) is 2.70. The van der Waals surface area contributed by atoms with Crippen LogP contribution in [0.4, 0.5) is 0 Å². The average Bonchev–Trinajstić information content (AvgIpc) is 2.81. The number of rotatable bonds is 3. The van der Waals surface area contributed by atoms with Gasteiger partial charge in [0.15, 0.2) is 0 Å². The predicted octanol–water partition coefficient (Wildman–Crippen LogP) is 1.30. The number of carboxylic acids is 1. The van der Waals surface area contributed by atoms with E-state index in [1.54, 1.807) is 6.07 Å². The quantitative estimate of drug-likeness (QED) is 0.681. The third kappa shape index (κ3) is 2.23. The van der Waals surface area contributed by atoms with Crippen molar-refractivity contribution in [2.24, 2.45) is 0 Å². The number of aliphatic carboxylic acids is 1. The lowest BCUT2D eigenvalue weighted by Crippen LogP contribution is -2.12. The summed E-state index contributed by atoms with van der Waals surface area (Å²) in [7, 11) is 0. The third-order valence-electron chi connectivity index (χ3n) is 2.07. The molecule has 17 heavy (non-hydrogen) atoms. The van der Waals surface area contributed by atoms with Gasteiger partial charge < -0.3 is 5.11 Å². The first-order valence-electron chi connectivity index (χ1n) is 4.52. The fraction of sp³-hybridized carbons (Fsp3) is 0. The Kier molecular flexibility index (Phi) is 3.01. The van der Waals surface area contributed by atoms with Gasteiger partial charge in [-0.2, -0.15) is 5.10 Å². The highest BCUT2D eigenvalue weighted by molar-refractivity contribution is 9.10. The van der Waals surface area contributed by atoms with Crippen LogP contribution in [0.15, 0.2) is 35.3 Å². The molecule has 1 aromatic heterocycles. The maximum atomic E-state index is 11.2. The number of aromatic nitrogens is 3. The molecule has 0 spiro atoms. The van der Waals surface area contributed by atoms with Crippen molar-refractivity contribution in [1.82, 2.24) is 14.8 Å². The van der Waals surface area contributed by atoms with Gasteiger partial charge in [-0.15, -0.1) is 0 Å². The second kappa shape index (κ2) is 4.46. The molecule has 7 heteroatoms. The Morgan fingerprint density at radius 3 is 2.65 bits per heavy atom. The zero-order valence-electron chi connectivity index (χ0n) is 8.37. The summed E-state index contributed by atoms with van der Waals surface area (Å²) in [5, 5.41) is 12.5. The molecule has 6 nitrogen and oxygen atoms in total. The van der Waals surface area contributed by atoms with Gasteiger partial charge in [-0.3, -0.25) is 4.79 Å². The van der Waals surface area contributed by atoms with E-state index in [0.717, 1.165) is 0 Å². The molecule has 0 atom stereocenters. The molecule has 86 valence electrons. The van der Waals surface area contributed by atoms with Crippen LogP contribution in [0, 0.1) is 0 Å². The van der Waals surface area contributed by atoms with Crippen LogP contribution in [-0.4, -0.2) is 31.6 Å². The summed E-state index contributed by atoms with van der Waals surface area (Å²) < 4.78 is 2.06. The molecule has 0 bridgehead atoms. The molecule has 0 aliphatic carbocycles. The molecule has 0 aliphatic rings. The molecule has 2 rings (SSSR count). The molecular formula is C10H6BrN3O3. The zero-order chi connectivity index (χ0) is 12.4. The fourth-order valence-corrected chi connectivity index (χ4v) is 1.85. The lowest BCUT2D eigenvalue weighted by Gasteiger charge is -2.04.